The third-order valence-corrected chi connectivity index (χ3v) is 7.34. The van der Waals surface area contributed by atoms with E-state index in [-0.39, 0.29) is 6.61 Å². The molecule has 192 valence electrons. The van der Waals surface area contributed by atoms with Crippen LogP contribution in [0.3, 0.4) is 0 Å². The van der Waals surface area contributed by atoms with Crippen molar-refractivity contribution in [1.82, 2.24) is 0 Å². The Morgan fingerprint density at radius 3 is 2.19 bits per heavy atom. The van der Waals surface area contributed by atoms with Gasteiger partial charge in [-0.15, -0.1) is 0 Å². The quantitative estimate of drug-likeness (QED) is 0.416. The summed E-state index contributed by atoms with van der Waals surface area (Å²) in [6, 6.07) is 26.2. The average molecular weight is 521 g/mol. The van der Waals surface area contributed by atoms with Gasteiger partial charge in [-0.2, -0.15) is 0 Å². The molecule has 0 spiro atoms. The van der Waals surface area contributed by atoms with E-state index in [1.54, 1.807) is 24.3 Å². The van der Waals surface area contributed by atoms with Crippen molar-refractivity contribution in [3.63, 3.8) is 0 Å². The summed E-state index contributed by atoms with van der Waals surface area (Å²) in [4.78, 5) is 26.3. The molecule has 0 aromatic heterocycles. The minimum Gasteiger partial charge on any atom is -0.455 e. The second kappa shape index (κ2) is 11.5. The standard InChI is InChI=1S/C29H28O7S/c1-18-13-15-22(16-14-18)37-29-26(33-19(2)30)25(35-27(31)20-9-5-3-6-10-20)24-23(34-29)17-32-28(36-24)21-11-7-4-8-12-21/h3-16,23-26,28-29H,17H2,1-2H3/t23-,24+,25+,26-,28?,29+/m1/s1. The van der Waals surface area contributed by atoms with Gasteiger partial charge in [-0.25, -0.2) is 4.79 Å². The smallest absolute Gasteiger partial charge is 0.338 e. The molecule has 37 heavy (non-hydrogen) atoms. The number of aryl methyl sites for hydroxylation is 1. The normalized spacial score (nSPS) is 27.1. The summed E-state index contributed by atoms with van der Waals surface area (Å²) in [7, 11) is 0. The third-order valence-electron chi connectivity index (χ3n) is 6.18. The second-order valence-electron chi connectivity index (χ2n) is 8.96. The maximum absolute atomic E-state index is 13.2. The molecule has 2 heterocycles. The van der Waals surface area contributed by atoms with E-state index in [4.69, 9.17) is 23.7 Å². The molecule has 0 bridgehead atoms. The molecule has 2 saturated heterocycles. The number of carbonyl (C=O) groups excluding carboxylic acids is 2. The number of rotatable bonds is 6. The lowest BCUT2D eigenvalue weighted by Gasteiger charge is -2.48. The molecule has 0 amide bonds. The highest BCUT2D eigenvalue weighted by Gasteiger charge is 2.53. The number of thioether (sulfide) groups is 1. The molecule has 0 radical (unpaired) electrons. The fourth-order valence-corrected chi connectivity index (χ4v) is 5.49. The molecule has 0 saturated carbocycles. The number of hydrogen-bond acceptors (Lipinski definition) is 8. The zero-order chi connectivity index (χ0) is 25.8. The van der Waals surface area contributed by atoms with E-state index in [1.165, 1.54) is 18.7 Å². The lowest BCUT2D eigenvalue weighted by atomic mass is 9.98. The van der Waals surface area contributed by atoms with Crippen LogP contribution in [0.25, 0.3) is 0 Å². The molecule has 2 fully saturated rings. The Morgan fingerprint density at radius 2 is 1.51 bits per heavy atom. The summed E-state index contributed by atoms with van der Waals surface area (Å²) < 4.78 is 30.5. The Balaban J connectivity index is 1.47. The van der Waals surface area contributed by atoms with Crippen LogP contribution in [0, 0.1) is 6.92 Å². The highest BCUT2D eigenvalue weighted by atomic mass is 32.2. The maximum Gasteiger partial charge on any atom is 0.338 e. The first-order chi connectivity index (χ1) is 18.0. The van der Waals surface area contributed by atoms with Gasteiger partial charge in [0.2, 0.25) is 0 Å². The van der Waals surface area contributed by atoms with E-state index in [0.29, 0.717) is 5.56 Å². The average Bonchev–Trinajstić information content (AvgIpc) is 2.92. The summed E-state index contributed by atoms with van der Waals surface area (Å²) in [6.07, 6.45) is -3.77. The van der Waals surface area contributed by atoms with E-state index in [1.807, 2.05) is 67.6 Å². The minimum absolute atomic E-state index is 0.224. The molecule has 1 unspecified atom stereocenters. The summed E-state index contributed by atoms with van der Waals surface area (Å²) >= 11 is 1.40. The minimum atomic E-state index is -0.923. The molecule has 5 rings (SSSR count). The Morgan fingerprint density at radius 1 is 0.838 bits per heavy atom. The van der Waals surface area contributed by atoms with Gasteiger partial charge in [0.25, 0.3) is 0 Å². The van der Waals surface area contributed by atoms with Crippen LogP contribution in [0.1, 0.15) is 34.7 Å². The topological polar surface area (TPSA) is 80.3 Å². The van der Waals surface area contributed by atoms with Gasteiger partial charge in [0.15, 0.2) is 18.5 Å². The fraction of sp³-hybridized carbons (Fsp3) is 0.310. The van der Waals surface area contributed by atoms with Crippen LogP contribution in [-0.2, 0) is 28.5 Å². The van der Waals surface area contributed by atoms with Gasteiger partial charge < -0.3 is 23.7 Å². The van der Waals surface area contributed by atoms with E-state index >= 15 is 0 Å². The third kappa shape index (κ3) is 6.05. The summed E-state index contributed by atoms with van der Waals surface area (Å²) in [5.41, 5.74) is 1.69. The SMILES string of the molecule is CC(=O)O[C@@H]1[C@@H](OC(=O)c2ccccc2)[C@H]2OC(c3ccccc3)OC[C@H]2O[C@H]1Sc1ccc(C)cc1. The molecule has 3 aromatic rings. The second-order valence-corrected chi connectivity index (χ2v) is 10.1. The van der Waals surface area contributed by atoms with Gasteiger partial charge >= 0.3 is 11.9 Å². The first kappa shape index (κ1) is 25.5. The van der Waals surface area contributed by atoms with Crippen LogP contribution < -0.4 is 0 Å². The van der Waals surface area contributed by atoms with Crippen molar-refractivity contribution in [1.29, 1.82) is 0 Å². The molecule has 0 aliphatic carbocycles. The van der Waals surface area contributed by atoms with Gasteiger partial charge in [0.05, 0.1) is 12.2 Å². The monoisotopic (exact) mass is 520 g/mol. The molecule has 8 heteroatoms. The fourth-order valence-electron chi connectivity index (χ4n) is 4.39. The Hall–Kier alpha value is -3.17. The van der Waals surface area contributed by atoms with Crippen LogP contribution in [0.4, 0.5) is 0 Å². The van der Waals surface area contributed by atoms with Crippen molar-refractivity contribution in [3.8, 4) is 0 Å². The summed E-state index contributed by atoms with van der Waals surface area (Å²) in [6.45, 7) is 3.56. The Labute approximate surface area is 220 Å². The van der Waals surface area contributed by atoms with E-state index in [9.17, 15) is 9.59 Å². The van der Waals surface area contributed by atoms with Crippen molar-refractivity contribution in [2.24, 2.45) is 0 Å². The van der Waals surface area contributed by atoms with Crippen LogP contribution in [0.15, 0.2) is 89.8 Å². The zero-order valence-electron chi connectivity index (χ0n) is 20.5. The van der Waals surface area contributed by atoms with Crippen molar-refractivity contribution < 1.29 is 33.3 Å². The van der Waals surface area contributed by atoms with Crippen LogP contribution in [-0.4, -0.2) is 48.4 Å². The van der Waals surface area contributed by atoms with Crippen molar-refractivity contribution in [3.05, 3.63) is 102 Å². The van der Waals surface area contributed by atoms with Crippen molar-refractivity contribution >= 4 is 23.7 Å². The molecule has 3 aromatic carbocycles. The van der Waals surface area contributed by atoms with E-state index < -0.39 is 48.1 Å². The van der Waals surface area contributed by atoms with Crippen molar-refractivity contribution in [2.75, 3.05) is 6.61 Å². The first-order valence-electron chi connectivity index (χ1n) is 12.1. The number of carbonyl (C=O) groups is 2. The van der Waals surface area contributed by atoms with Gasteiger partial charge in [-0.1, -0.05) is 78.0 Å². The number of esters is 2. The molecular weight excluding hydrogens is 492 g/mol. The summed E-state index contributed by atoms with van der Waals surface area (Å²) in [5.74, 6) is -1.04. The first-order valence-corrected chi connectivity index (χ1v) is 13.0. The predicted octanol–water partition coefficient (Wildman–Crippen LogP) is 5.08. The van der Waals surface area contributed by atoms with Gasteiger partial charge in [-0.05, 0) is 31.2 Å². The highest BCUT2D eigenvalue weighted by molar-refractivity contribution is 7.99. The number of benzene rings is 3. The zero-order valence-corrected chi connectivity index (χ0v) is 21.3. The van der Waals surface area contributed by atoms with Crippen LogP contribution in [0.2, 0.25) is 0 Å². The summed E-state index contributed by atoms with van der Waals surface area (Å²) in [5, 5.41) is 0. The van der Waals surface area contributed by atoms with Crippen molar-refractivity contribution in [2.45, 2.75) is 54.9 Å². The van der Waals surface area contributed by atoms with Gasteiger partial charge in [0.1, 0.15) is 17.6 Å². The molecule has 2 aliphatic rings. The van der Waals surface area contributed by atoms with Gasteiger partial charge in [0, 0.05) is 17.4 Å². The highest BCUT2D eigenvalue weighted by Crippen LogP contribution is 2.41. The van der Waals surface area contributed by atoms with Crippen LogP contribution in [0.5, 0.6) is 0 Å². The van der Waals surface area contributed by atoms with E-state index in [2.05, 4.69) is 0 Å². The number of ether oxygens (including phenoxy) is 5. The largest absolute Gasteiger partial charge is 0.455 e. The predicted molar refractivity (Wildman–Crippen MR) is 137 cm³/mol. The van der Waals surface area contributed by atoms with E-state index in [0.717, 1.165) is 16.0 Å². The molecular formula is C29H28O7S. The molecule has 7 nitrogen and oxygen atoms in total. The molecule has 0 N–H and O–H groups in total. The van der Waals surface area contributed by atoms with Gasteiger partial charge in [-0.3, -0.25) is 4.79 Å². The Bertz CT molecular complexity index is 1200. The maximum atomic E-state index is 13.2. The van der Waals surface area contributed by atoms with Crippen LogP contribution >= 0.6 is 11.8 Å². The lowest BCUT2D eigenvalue weighted by molar-refractivity contribution is -0.318. The Kier molecular flexibility index (Phi) is 7.90. The number of fused-ring (bicyclic) bond motifs is 1. The lowest BCUT2D eigenvalue weighted by Crippen LogP contribution is -2.63. The molecule has 2 aliphatic heterocycles. The number of hydrogen-bond donors (Lipinski definition) is 0. The molecule has 6 atom stereocenters.